The number of carboxylic acids is 1. The van der Waals surface area contributed by atoms with Crippen molar-refractivity contribution in [2.24, 2.45) is 11.8 Å². The van der Waals surface area contributed by atoms with Gasteiger partial charge in [0.2, 0.25) is 5.91 Å². The fourth-order valence-electron chi connectivity index (χ4n) is 2.46. The number of hydrogen-bond donors (Lipinski definition) is 2. The van der Waals surface area contributed by atoms with Crippen molar-refractivity contribution in [1.82, 2.24) is 10.3 Å². The minimum Gasteiger partial charge on any atom is -0.481 e. The summed E-state index contributed by atoms with van der Waals surface area (Å²) in [6, 6.07) is 5.67. The van der Waals surface area contributed by atoms with E-state index in [0.717, 1.165) is 11.4 Å². The fraction of sp³-hybridized carbons (Fsp3) is 0.500. The van der Waals surface area contributed by atoms with E-state index in [1.807, 2.05) is 25.1 Å². The van der Waals surface area contributed by atoms with Gasteiger partial charge in [0.1, 0.15) is 0 Å². The van der Waals surface area contributed by atoms with Gasteiger partial charge in [-0.1, -0.05) is 6.07 Å². The van der Waals surface area contributed by atoms with E-state index in [0.29, 0.717) is 25.8 Å². The second-order valence-corrected chi connectivity index (χ2v) is 5.03. The monoisotopic (exact) mass is 262 g/mol. The maximum atomic E-state index is 11.9. The summed E-state index contributed by atoms with van der Waals surface area (Å²) in [6.07, 6.45) is 1.70. The Morgan fingerprint density at radius 1 is 1.37 bits per heavy atom. The first kappa shape index (κ1) is 13.5. The lowest BCUT2D eigenvalue weighted by Crippen LogP contribution is -2.29. The molecular weight excluding hydrogens is 244 g/mol. The molecular formula is C14H18N2O3. The van der Waals surface area contributed by atoms with Gasteiger partial charge < -0.3 is 10.4 Å². The van der Waals surface area contributed by atoms with Crippen LogP contribution in [0.3, 0.4) is 0 Å². The lowest BCUT2D eigenvalue weighted by molar-refractivity contribution is -0.141. The number of aromatic nitrogens is 1. The van der Waals surface area contributed by atoms with Gasteiger partial charge >= 0.3 is 5.97 Å². The van der Waals surface area contributed by atoms with E-state index in [9.17, 15) is 9.59 Å². The highest BCUT2D eigenvalue weighted by atomic mass is 16.4. The predicted octanol–water partition coefficient (Wildman–Crippen LogP) is 1.51. The number of rotatable bonds is 4. The fourth-order valence-corrected chi connectivity index (χ4v) is 2.46. The molecule has 19 heavy (non-hydrogen) atoms. The maximum Gasteiger partial charge on any atom is 0.306 e. The van der Waals surface area contributed by atoms with Gasteiger partial charge in [-0.25, -0.2) is 0 Å². The molecule has 1 aliphatic rings. The quantitative estimate of drug-likeness (QED) is 0.862. The topological polar surface area (TPSA) is 79.3 Å². The van der Waals surface area contributed by atoms with Crippen LogP contribution in [0.1, 0.15) is 30.7 Å². The van der Waals surface area contributed by atoms with Crippen LogP contribution in [0.2, 0.25) is 0 Å². The molecule has 5 heteroatoms. The predicted molar refractivity (Wildman–Crippen MR) is 69.3 cm³/mol. The normalized spacial score (nSPS) is 22.2. The largest absolute Gasteiger partial charge is 0.481 e. The summed E-state index contributed by atoms with van der Waals surface area (Å²) < 4.78 is 0. The van der Waals surface area contributed by atoms with Crippen LogP contribution in [-0.2, 0) is 16.1 Å². The second kappa shape index (κ2) is 5.82. The number of aryl methyl sites for hydroxylation is 1. The minimum absolute atomic E-state index is 0.0629. The molecule has 1 fully saturated rings. The Kier molecular flexibility index (Phi) is 4.14. The molecule has 0 spiro atoms. The molecule has 0 bridgehead atoms. The Hall–Kier alpha value is -1.91. The molecule has 0 aliphatic heterocycles. The number of nitrogens with zero attached hydrogens (tertiary/aromatic N) is 1. The molecule has 5 nitrogen and oxygen atoms in total. The molecule has 1 saturated carbocycles. The average Bonchev–Trinajstić information content (AvgIpc) is 2.86. The molecule has 0 aromatic carbocycles. The number of carbonyl (C=O) groups is 2. The number of hydrogen-bond acceptors (Lipinski definition) is 3. The average molecular weight is 262 g/mol. The second-order valence-electron chi connectivity index (χ2n) is 5.03. The van der Waals surface area contributed by atoms with Crippen molar-refractivity contribution < 1.29 is 14.7 Å². The highest BCUT2D eigenvalue weighted by molar-refractivity contribution is 5.80. The van der Waals surface area contributed by atoms with E-state index in [-0.39, 0.29) is 17.7 Å². The molecule has 1 aromatic heterocycles. The van der Waals surface area contributed by atoms with Gasteiger partial charge in [0.25, 0.3) is 0 Å². The van der Waals surface area contributed by atoms with E-state index in [2.05, 4.69) is 10.3 Å². The van der Waals surface area contributed by atoms with Crippen LogP contribution in [0.15, 0.2) is 18.2 Å². The van der Waals surface area contributed by atoms with Crippen molar-refractivity contribution in [3.8, 4) is 0 Å². The first-order valence-corrected chi connectivity index (χ1v) is 6.49. The van der Waals surface area contributed by atoms with E-state index >= 15 is 0 Å². The summed E-state index contributed by atoms with van der Waals surface area (Å²) in [5, 5.41) is 11.7. The molecule has 2 atom stereocenters. The van der Waals surface area contributed by atoms with Crippen LogP contribution < -0.4 is 5.32 Å². The van der Waals surface area contributed by atoms with E-state index in [1.54, 1.807) is 0 Å². The number of nitrogens with one attached hydrogen (secondary N) is 1. The zero-order valence-corrected chi connectivity index (χ0v) is 10.9. The number of amides is 1. The third-order valence-electron chi connectivity index (χ3n) is 3.54. The Labute approximate surface area is 112 Å². The van der Waals surface area contributed by atoms with E-state index in [1.165, 1.54) is 0 Å². The Morgan fingerprint density at radius 3 is 2.74 bits per heavy atom. The van der Waals surface area contributed by atoms with Crippen LogP contribution in [0, 0.1) is 18.8 Å². The first-order valence-electron chi connectivity index (χ1n) is 6.49. The van der Waals surface area contributed by atoms with Crippen LogP contribution in [0.25, 0.3) is 0 Å². The first-order chi connectivity index (χ1) is 9.06. The lowest BCUT2D eigenvalue weighted by atomic mass is 10.0. The van der Waals surface area contributed by atoms with Gasteiger partial charge in [0, 0.05) is 11.6 Å². The van der Waals surface area contributed by atoms with Gasteiger partial charge in [-0.2, -0.15) is 0 Å². The van der Waals surface area contributed by atoms with Crippen molar-refractivity contribution in [2.75, 3.05) is 0 Å². The van der Waals surface area contributed by atoms with Gasteiger partial charge in [-0.3, -0.25) is 14.6 Å². The number of carbonyl (C=O) groups excluding carboxylic acids is 1. The molecule has 102 valence electrons. The van der Waals surface area contributed by atoms with Crippen molar-refractivity contribution in [3.63, 3.8) is 0 Å². The Balaban J connectivity index is 1.84. The lowest BCUT2D eigenvalue weighted by Gasteiger charge is -2.10. The summed E-state index contributed by atoms with van der Waals surface area (Å²) in [5.41, 5.74) is 1.74. The van der Waals surface area contributed by atoms with Gasteiger partial charge in [-0.05, 0) is 38.3 Å². The SMILES string of the molecule is Cc1cccc(CNC(=O)[C@@H]2CC[C@H](C(=O)O)C2)n1. The third-order valence-corrected chi connectivity index (χ3v) is 3.54. The van der Waals surface area contributed by atoms with Crippen LogP contribution in [-0.4, -0.2) is 22.0 Å². The smallest absolute Gasteiger partial charge is 0.306 e. The number of aliphatic carboxylic acids is 1. The summed E-state index contributed by atoms with van der Waals surface area (Å²) in [5.74, 6) is -1.40. The molecule has 2 N–H and O–H groups in total. The molecule has 1 heterocycles. The molecule has 1 aliphatic carbocycles. The van der Waals surface area contributed by atoms with Crippen LogP contribution in [0.4, 0.5) is 0 Å². The Bertz CT molecular complexity index is 487. The molecule has 0 radical (unpaired) electrons. The summed E-state index contributed by atoms with van der Waals surface area (Å²) in [4.78, 5) is 27.1. The van der Waals surface area contributed by atoms with Crippen molar-refractivity contribution >= 4 is 11.9 Å². The van der Waals surface area contributed by atoms with E-state index in [4.69, 9.17) is 5.11 Å². The highest BCUT2D eigenvalue weighted by Crippen LogP contribution is 2.31. The minimum atomic E-state index is -0.796. The van der Waals surface area contributed by atoms with Crippen LogP contribution in [0.5, 0.6) is 0 Å². The standard InChI is InChI=1S/C14H18N2O3/c1-9-3-2-4-12(16-9)8-15-13(17)10-5-6-11(7-10)14(18)19/h2-4,10-11H,5-8H2,1H3,(H,15,17)(H,18,19)/t10-,11+/m1/s1. The molecule has 2 rings (SSSR count). The summed E-state index contributed by atoms with van der Waals surface area (Å²) in [7, 11) is 0. The van der Waals surface area contributed by atoms with Crippen molar-refractivity contribution in [1.29, 1.82) is 0 Å². The van der Waals surface area contributed by atoms with Crippen molar-refractivity contribution in [3.05, 3.63) is 29.6 Å². The zero-order valence-electron chi connectivity index (χ0n) is 10.9. The molecule has 0 saturated heterocycles. The maximum absolute atomic E-state index is 11.9. The molecule has 1 aromatic rings. The molecule has 0 unspecified atom stereocenters. The third kappa shape index (κ3) is 3.53. The van der Waals surface area contributed by atoms with Gasteiger partial charge in [0.05, 0.1) is 18.2 Å². The van der Waals surface area contributed by atoms with Crippen molar-refractivity contribution in [2.45, 2.75) is 32.7 Å². The Morgan fingerprint density at radius 2 is 2.11 bits per heavy atom. The van der Waals surface area contributed by atoms with Gasteiger partial charge in [-0.15, -0.1) is 0 Å². The summed E-state index contributed by atoms with van der Waals surface area (Å²) >= 11 is 0. The van der Waals surface area contributed by atoms with E-state index < -0.39 is 5.97 Å². The summed E-state index contributed by atoms with van der Waals surface area (Å²) in [6.45, 7) is 2.30. The van der Waals surface area contributed by atoms with Crippen LogP contribution >= 0.6 is 0 Å². The number of pyridine rings is 1. The highest BCUT2D eigenvalue weighted by Gasteiger charge is 2.33. The van der Waals surface area contributed by atoms with Gasteiger partial charge in [0.15, 0.2) is 0 Å². The zero-order chi connectivity index (χ0) is 13.8. The molecule has 1 amide bonds. The number of carboxylic acid groups (broad SMARTS) is 1.